The first-order valence-electron chi connectivity index (χ1n) is 8.08. The number of methoxy groups -OCH3 is 1. The lowest BCUT2D eigenvalue weighted by atomic mass is 10.0. The molecule has 0 aliphatic carbocycles. The van der Waals surface area contributed by atoms with Gasteiger partial charge in [0.1, 0.15) is 5.75 Å². The second kappa shape index (κ2) is 8.02. The SMILES string of the molecule is COc1ccc(NCC(=O)Nc2ccccc2-c2ccccc2)cc1. The van der Waals surface area contributed by atoms with Crippen molar-refractivity contribution in [3.63, 3.8) is 0 Å². The summed E-state index contributed by atoms with van der Waals surface area (Å²) >= 11 is 0. The van der Waals surface area contributed by atoms with Crippen LogP contribution in [-0.2, 0) is 4.79 Å². The van der Waals surface area contributed by atoms with Gasteiger partial charge >= 0.3 is 0 Å². The molecule has 0 unspecified atom stereocenters. The van der Waals surface area contributed by atoms with E-state index in [1.165, 1.54) is 0 Å². The second-order valence-corrected chi connectivity index (χ2v) is 5.54. The molecule has 126 valence electrons. The highest BCUT2D eigenvalue weighted by molar-refractivity contribution is 5.97. The summed E-state index contributed by atoms with van der Waals surface area (Å²) in [5, 5.41) is 6.08. The molecule has 3 aromatic carbocycles. The zero-order chi connectivity index (χ0) is 17.5. The molecule has 0 atom stereocenters. The average Bonchev–Trinajstić information content (AvgIpc) is 2.68. The minimum absolute atomic E-state index is 0.0980. The number of anilines is 2. The zero-order valence-corrected chi connectivity index (χ0v) is 14.0. The highest BCUT2D eigenvalue weighted by atomic mass is 16.5. The minimum atomic E-state index is -0.0980. The zero-order valence-electron chi connectivity index (χ0n) is 14.0. The third kappa shape index (κ3) is 4.38. The van der Waals surface area contributed by atoms with Crippen molar-refractivity contribution >= 4 is 17.3 Å². The third-order valence-corrected chi connectivity index (χ3v) is 3.83. The largest absolute Gasteiger partial charge is 0.497 e. The van der Waals surface area contributed by atoms with E-state index in [0.29, 0.717) is 0 Å². The van der Waals surface area contributed by atoms with E-state index in [1.54, 1.807) is 7.11 Å². The summed E-state index contributed by atoms with van der Waals surface area (Å²) in [5.74, 6) is 0.686. The number of rotatable bonds is 6. The van der Waals surface area contributed by atoms with E-state index in [0.717, 1.165) is 28.3 Å². The fourth-order valence-electron chi connectivity index (χ4n) is 2.55. The highest BCUT2D eigenvalue weighted by Gasteiger charge is 2.08. The van der Waals surface area contributed by atoms with Crippen LogP contribution < -0.4 is 15.4 Å². The third-order valence-electron chi connectivity index (χ3n) is 3.83. The normalized spacial score (nSPS) is 10.1. The topological polar surface area (TPSA) is 50.4 Å². The van der Waals surface area contributed by atoms with Gasteiger partial charge in [0.2, 0.25) is 5.91 Å². The first kappa shape index (κ1) is 16.6. The van der Waals surface area contributed by atoms with Gasteiger partial charge in [-0.2, -0.15) is 0 Å². The van der Waals surface area contributed by atoms with Gasteiger partial charge in [-0.05, 0) is 35.9 Å². The Morgan fingerprint density at radius 1 is 0.880 bits per heavy atom. The fourth-order valence-corrected chi connectivity index (χ4v) is 2.55. The number of carbonyl (C=O) groups is 1. The van der Waals surface area contributed by atoms with Crippen LogP contribution in [0.1, 0.15) is 0 Å². The molecule has 0 heterocycles. The molecule has 1 amide bonds. The number of nitrogens with one attached hydrogen (secondary N) is 2. The average molecular weight is 332 g/mol. The maximum Gasteiger partial charge on any atom is 0.243 e. The van der Waals surface area contributed by atoms with Gasteiger partial charge in [0, 0.05) is 16.9 Å². The van der Waals surface area contributed by atoms with Crippen LogP contribution in [-0.4, -0.2) is 19.6 Å². The van der Waals surface area contributed by atoms with Gasteiger partial charge in [0.15, 0.2) is 0 Å². The molecule has 0 fully saturated rings. The van der Waals surface area contributed by atoms with Crippen LogP contribution in [0.5, 0.6) is 5.75 Å². The van der Waals surface area contributed by atoms with Crippen molar-refractivity contribution in [3.8, 4) is 16.9 Å². The quantitative estimate of drug-likeness (QED) is 0.703. The summed E-state index contributed by atoms with van der Waals surface area (Å²) in [5.41, 5.74) is 3.74. The molecule has 2 N–H and O–H groups in total. The Morgan fingerprint density at radius 3 is 2.28 bits per heavy atom. The van der Waals surface area contributed by atoms with Crippen LogP contribution in [0.15, 0.2) is 78.9 Å². The highest BCUT2D eigenvalue weighted by Crippen LogP contribution is 2.27. The summed E-state index contributed by atoms with van der Waals surface area (Å²) in [6, 6.07) is 25.3. The number of para-hydroxylation sites is 1. The lowest BCUT2D eigenvalue weighted by molar-refractivity contribution is -0.114. The molecule has 0 saturated heterocycles. The molecule has 0 saturated carbocycles. The lowest BCUT2D eigenvalue weighted by Crippen LogP contribution is -2.22. The maximum atomic E-state index is 12.3. The Hall–Kier alpha value is -3.27. The van der Waals surface area contributed by atoms with Crippen molar-refractivity contribution in [2.24, 2.45) is 0 Å². The van der Waals surface area contributed by atoms with E-state index in [2.05, 4.69) is 10.6 Å². The van der Waals surface area contributed by atoms with Gasteiger partial charge in [-0.25, -0.2) is 0 Å². The minimum Gasteiger partial charge on any atom is -0.497 e. The van der Waals surface area contributed by atoms with Crippen molar-refractivity contribution in [2.75, 3.05) is 24.3 Å². The number of benzene rings is 3. The summed E-state index contributed by atoms with van der Waals surface area (Å²) < 4.78 is 5.12. The molecule has 0 radical (unpaired) electrons. The van der Waals surface area contributed by atoms with Gasteiger partial charge in [0.25, 0.3) is 0 Å². The first-order valence-corrected chi connectivity index (χ1v) is 8.08. The number of amides is 1. The van der Waals surface area contributed by atoms with E-state index >= 15 is 0 Å². The van der Waals surface area contributed by atoms with E-state index in [9.17, 15) is 4.79 Å². The first-order chi connectivity index (χ1) is 12.3. The smallest absolute Gasteiger partial charge is 0.243 e. The van der Waals surface area contributed by atoms with Gasteiger partial charge in [-0.3, -0.25) is 4.79 Å². The Labute approximate surface area is 147 Å². The predicted octanol–water partition coefficient (Wildman–Crippen LogP) is 4.41. The van der Waals surface area contributed by atoms with Crippen LogP contribution in [0.25, 0.3) is 11.1 Å². The molecule has 25 heavy (non-hydrogen) atoms. The van der Waals surface area contributed by atoms with Gasteiger partial charge in [-0.15, -0.1) is 0 Å². The van der Waals surface area contributed by atoms with E-state index in [-0.39, 0.29) is 12.5 Å². The molecule has 3 aromatic rings. The molecule has 0 aliphatic heterocycles. The number of hydrogen-bond donors (Lipinski definition) is 2. The molecule has 0 spiro atoms. The number of ether oxygens (including phenoxy) is 1. The molecule has 4 heteroatoms. The van der Waals surface area contributed by atoms with Crippen molar-refractivity contribution in [2.45, 2.75) is 0 Å². The molecular formula is C21H20N2O2. The van der Waals surface area contributed by atoms with Crippen LogP contribution in [0.3, 0.4) is 0 Å². The fraction of sp³-hybridized carbons (Fsp3) is 0.0952. The molecular weight excluding hydrogens is 312 g/mol. The molecule has 3 rings (SSSR count). The van der Waals surface area contributed by atoms with Crippen molar-refractivity contribution in [1.82, 2.24) is 0 Å². The number of carbonyl (C=O) groups excluding carboxylic acids is 1. The monoisotopic (exact) mass is 332 g/mol. The van der Waals surface area contributed by atoms with Gasteiger partial charge in [-0.1, -0.05) is 48.5 Å². The molecule has 0 aliphatic rings. The molecule has 0 bridgehead atoms. The Bertz CT molecular complexity index is 830. The van der Waals surface area contributed by atoms with Crippen molar-refractivity contribution in [3.05, 3.63) is 78.9 Å². The van der Waals surface area contributed by atoms with E-state index in [4.69, 9.17) is 4.74 Å². The Balaban J connectivity index is 1.65. The van der Waals surface area contributed by atoms with Crippen molar-refractivity contribution < 1.29 is 9.53 Å². The van der Waals surface area contributed by atoms with Crippen LogP contribution in [0.2, 0.25) is 0 Å². The predicted molar refractivity (Wildman–Crippen MR) is 102 cm³/mol. The number of hydrogen-bond acceptors (Lipinski definition) is 3. The molecule has 0 aromatic heterocycles. The van der Waals surface area contributed by atoms with Crippen LogP contribution in [0.4, 0.5) is 11.4 Å². The Kier molecular flexibility index (Phi) is 5.32. The molecule has 4 nitrogen and oxygen atoms in total. The second-order valence-electron chi connectivity index (χ2n) is 5.54. The standard InChI is InChI=1S/C21H20N2O2/c1-25-18-13-11-17(12-14-18)22-15-21(24)23-20-10-6-5-9-19(20)16-7-3-2-4-8-16/h2-14,22H,15H2,1H3,(H,23,24). The van der Waals surface area contributed by atoms with Gasteiger partial charge < -0.3 is 15.4 Å². The van der Waals surface area contributed by atoms with Crippen LogP contribution >= 0.6 is 0 Å². The van der Waals surface area contributed by atoms with Crippen LogP contribution in [0, 0.1) is 0 Å². The summed E-state index contributed by atoms with van der Waals surface area (Å²) in [7, 11) is 1.63. The Morgan fingerprint density at radius 2 is 1.56 bits per heavy atom. The van der Waals surface area contributed by atoms with E-state index < -0.39 is 0 Å². The lowest BCUT2D eigenvalue weighted by Gasteiger charge is -2.12. The summed E-state index contributed by atoms with van der Waals surface area (Å²) in [4.78, 5) is 12.3. The van der Waals surface area contributed by atoms with Crippen molar-refractivity contribution in [1.29, 1.82) is 0 Å². The maximum absolute atomic E-state index is 12.3. The summed E-state index contributed by atoms with van der Waals surface area (Å²) in [6.07, 6.45) is 0. The summed E-state index contributed by atoms with van der Waals surface area (Å²) in [6.45, 7) is 0.190. The van der Waals surface area contributed by atoms with E-state index in [1.807, 2.05) is 78.9 Å². The van der Waals surface area contributed by atoms with Gasteiger partial charge in [0.05, 0.1) is 13.7 Å².